The quantitative estimate of drug-likeness (QED) is 0.323. The Morgan fingerprint density at radius 2 is 1.86 bits per heavy atom. The summed E-state index contributed by atoms with van der Waals surface area (Å²) in [5.41, 5.74) is 2.77. The molecule has 2 saturated heterocycles. The number of carbonyl (C=O) groups is 1. The van der Waals surface area contributed by atoms with Crippen LogP contribution in [0.5, 0.6) is 0 Å². The van der Waals surface area contributed by atoms with Crippen molar-refractivity contribution in [1.29, 1.82) is 0 Å². The van der Waals surface area contributed by atoms with Crippen molar-refractivity contribution in [1.82, 2.24) is 24.3 Å². The lowest BCUT2D eigenvalue weighted by atomic mass is 9.93. The van der Waals surface area contributed by atoms with E-state index in [-0.39, 0.29) is 30.8 Å². The van der Waals surface area contributed by atoms with Gasteiger partial charge in [-0.3, -0.25) is 9.69 Å². The number of hydrogen-bond acceptors (Lipinski definition) is 7. The van der Waals surface area contributed by atoms with Crippen molar-refractivity contribution in [2.75, 3.05) is 43.8 Å². The first-order valence-electron chi connectivity index (χ1n) is 14.8. The summed E-state index contributed by atoms with van der Waals surface area (Å²) in [6.07, 6.45) is 0.0410. The Kier molecular flexibility index (Phi) is 9.89. The van der Waals surface area contributed by atoms with E-state index in [1.165, 1.54) is 5.56 Å². The molecular weight excluding hydrogens is 546 g/mol. The van der Waals surface area contributed by atoms with Crippen LogP contribution in [0.3, 0.4) is 0 Å². The van der Waals surface area contributed by atoms with E-state index >= 15 is 0 Å². The number of alkyl halides is 3. The monoisotopic (exact) mass is 585 g/mol. The number of para-hydroxylation sites is 2. The number of rotatable bonds is 11. The minimum Gasteiger partial charge on any atom is -0.422 e. The first-order chi connectivity index (χ1) is 20.3. The zero-order chi connectivity index (χ0) is 29.5. The second kappa shape index (κ2) is 13.8. The number of carbonyl (C=O) groups excluding carboxylic acids is 1. The lowest BCUT2D eigenvalue weighted by Crippen LogP contribution is -2.47. The summed E-state index contributed by atoms with van der Waals surface area (Å²) in [6.45, 7) is 4.15. The van der Waals surface area contributed by atoms with Gasteiger partial charge in [0, 0.05) is 57.9 Å². The van der Waals surface area contributed by atoms with Gasteiger partial charge < -0.3 is 24.7 Å². The van der Waals surface area contributed by atoms with Gasteiger partial charge in [0.25, 0.3) is 0 Å². The predicted molar refractivity (Wildman–Crippen MR) is 158 cm³/mol. The molecule has 226 valence electrons. The number of imidazole rings is 1. The third-order valence-corrected chi connectivity index (χ3v) is 8.20. The Hall–Kier alpha value is -3.32. The highest BCUT2D eigenvalue weighted by Gasteiger charge is 2.31. The molecule has 0 unspecified atom stereocenters. The van der Waals surface area contributed by atoms with E-state index in [0.29, 0.717) is 26.7 Å². The number of fused-ring (bicyclic) bond motifs is 1. The van der Waals surface area contributed by atoms with Crippen molar-refractivity contribution in [3.8, 4) is 0 Å². The first-order valence-corrected chi connectivity index (χ1v) is 14.8. The van der Waals surface area contributed by atoms with Crippen molar-refractivity contribution in [3.63, 3.8) is 0 Å². The molecule has 0 aliphatic carbocycles. The highest BCUT2D eigenvalue weighted by Crippen LogP contribution is 2.27. The maximum absolute atomic E-state index is 13.3. The van der Waals surface area contributed by atoms with E-state index in [9.17, 15) is 18.0 Å². The van der Waals surface area contributed by atoms with Gasteiger partial charge in [0.1, 0.15) is 5.82 Å². The summed E-state index contributed by atoms with van der Waals surface area (Å²) in [6, 6.07) is 11.7. The van der Waals surface area contributed by atoms with Crippen LogP contribution in [0.1, 0.15) is 44.1 Å². The summed E-state index contributed by atoms with van der Waals surface area (Å²) in [7, 11) is 2.04. The fraction of sp³-hybridized carbons (Fsp3) is 0.552. The molecule has 2 fully saturated rings. The van der Waals surface area contributed by atoms with Gasteiger partial charge in [-0.15, -0.1) is 0 Å². The number of nitrogens with one attached hydrogen (secondary N) is 2. The molecule has 42 heavy (non-hydrogen) atoms. The Morgan fingerprint density at radius 1 is 1.10 bits per heavy atom. The van der Waals surface area contributed by atoms with Gasteiger partial charge in [0.15, 0.2) is 0 Å². The number of aromatic nitrogens is 3. The minimum absolute atomic E-state index is 0.000510. The second-order valence-corrected chi connectivity index (χ2v) is 11.2. The van der Waals surface area contributed by atoms with Crippen molar-refractivity contribution < 1.29 is 22.6 Å². The fourth-order valence-corrected chi connectivity index (χ4v) is 5.95. The predicted octanol–water partition coefficient (Wildman–Crippen LogP) is 4.41. The van der Waals surface area contributed by atoms with Crippen LogP contribution in [0, 0.1) is 5.92 Å². The van der Waals surface area contributed by atoms with Gasteiger partial charge in [0.2, 0.25) is 11.9 Å². The molecule has 13 heteroatoms. The van der Waals surface area contributed by atoms with Crippen LogP contribution in [-0.2, 0) is 22.5 Å². The SMILES string of the molecule is COBNc1cc(CN2CCC(C(=O)N3CCC(Nc4nc5ccccc5n4CCCC(F)(F)F)CC3)CC2)ccn1. The fourth-order valence-electron chi connectivity index (χ4n) is 5.95. The van der Waals surface area contributed by atoms with E-state index in [2.05, 4.69) is 25.4 Å². The molecule has 2 aliphatic rings. The molecule has 1 aromatic carbocycles. The molecule has 2 aliphatic heterocycles. The molecule has 1 amide bonds. The Labute approximate surface area is 245 Å². The van der Waals surface area contributed by atoms with Gasteiger partial charge >= 0.3 is 13.8 Å². The van der Waals surface area contributed by atoms with Crippen LogP contribution >= 0.6 is 0 Å². The summed E-state index contributed by atoms with van der Waals surface area (Å²) < 4.78 is 45.3. The molecule has 0 bridgehead atoms. The molecule has 0 saturated carbocycles. The molecule has 9 nitrogen and oxygen atoms in total. The molecule has 5 rings (SSSR count). The first kappa shape index (κ1) is 30.2. The van der Waals surface area contributed by atoms with E-state index < -0.39 is 12.6 Å². The van der Waals surface area contributed by atoms with Gasteiger partial charge in [0.05, 0.1) is 11.0 Å². The van der Waals surface area contributed by atoms with E-state index in [1.54, 1.807) is 13.3 Å². The molecule has 0 atom stereocenters. The topological polar surface area (TPSA) is 87.5 Å². The Bertz CT molecular complexity index is 1320. The van der Waals surface area contributed by atoms with Gasteiger partial charge in [-0.25, -0.2) is 9.97 Å². The standard InChI is InChI=1S/C29H39BF3N7O2/c1-42-30-37-26-19-21(7-13-34-26)20-38-15-8-22(9-16-38)27(41)39-17-10-23(11-18-39)35-28-36-24-5-2-3-6-25(24)40(28)14-4-12-29(31,32)33/h2-3,5-7,13,19,22-23,30H,4,8-12,14-18,20H2,1H3,(H,34,37)(H,35,36). The number of nitrogens with zero attached hydrogens (tertiary/aromatic N) is 5. The van der Waals surface area contributed by atoms with Crippen LogP contribution in [0.25, 0.3) is 11.0 Å². The number of hydrogen-bond donors (Lipinski definition) is 2. The molecule has 2 N–H and O–H groups in total. The van der Waals surface area contributed by atoms with Gasteiger partial charge in [-0.2, -0.15) is 13.2 Å². The number of benzene rings is 1. The third-order valence-electron chi connectivity index (χ3n) is 8.20. The van der Waals surface area contributed by atoms with Crippen molar-refractivity contribution in [3.05, 3.63) is 48.2 Å². The number of pyridine rings is 1. The number of likely N-dealkylation sites (tertiary alicyclic amines) is 2. The normalized spacial score (nSPS) is 17.5. The number of halogens is 3. The van der Waals surface area contributed by atoms with Crippen LogP contribution in [0.2, 0.25) is 0 Å². The summed E-state index contributed by atoms with van der Waals surface area (Å²) in [4.78, 5) is 26.7. The van der Waals surface area contributed by atoms with E-state index in [1.807, 2.05) is 45.9 Å². The van der Waals surface area contributed by atoms with E-state index in [4.69, 9.17) is 4.65 Å². The summed E-state index contributed by atoms with van der Waals surface area (Å²) >= 11 is 0. The number of amides is 1. The summed E-state index contributed by atoms with van der Waals surface area (Å²) in [5, 5.41) is 6.60. The number of aryl methyl sites for hydroxylation is 1. The highest BCUT2D eigenvalue weighted by atomic mass is 19.4. The van der Waals surface area contributed by atoms with Crippen molar-refractivity contribution >= 4 is 36.3 Å². The highest BCUT2D eigenvalue weighted by molar-refractivity contribution is 6.32. The maximum atomic E-state index is 13.3. The molecule has 3 aromatic rings. The van der Waals surface area contributed by atoms with Crippen LogP contribution in [-0.4, -0.2) is 83.4 Å². The molecule has 0 spiro atoms. The smallest absolute Gasteiger partial charge is 0.395 e. The average Bonchev–Trinajstić information content (AvgIpc) is 3.33. The second-order valence-electron chi connectivity index (χ2n) is 11.2. The van der Waals surface area contributed by atoms with Crippen molar-refractivity contribution in [2.24, 2.45) is 5.92 Å². The number of piperidine rings is 2. The van der Waals surface area contributed by atoms with Crippen LogP contribution in [0.4, 0.5) is 24.9 Å². The third kappa shape index (κ3) is 7.94. The van der Waals surface area contributed by atoms with Crippen LogP contribution in [0.15, 0.2) is 42.6 Å². The minimum atomic E-state index is -4.18. The lowest BCUT2D eigenvalue weighted by Gasteiger charge is -2.37. The zero-order valence-corrected chi connectivity index (χ0v) is 24.1. The number of anilines is 2. The molecule has 2 aromatic heterocycles. The van der Waals surface area contributed by atoms with Gasteiger partial charge in [-0.05, 0) is 75.0 Å². The van der Waals surface area contributed by atoms with Gasteiger partial charge in [-0.1, -0.05) is 12.1 Å². The maximum Gasteiger partial charge on any atom is 0.395 e. The van der Waals surface area contributed by atoms with Crippen molar-refractivity contribution in [2.45, 2.75) is 63.8 Å². The molecule has 0 radical (unpaired) electrons. The lowest BCUT2D eigenvalue weighted by molar-refractivity contribution is -0.138. The Balaban J connectivity index is 1.09. The average molecular weight is 585 g/mol. The zero-order valence-electron chi connectivity index (χ0n) is 24.1. The molecular formula is C29H39BF3N7O2. The largest absolute Gasteiger partial charge is 0.422 e. The molecule has 4 heterocycles. The Morgan fingerprint density at radius 3 is 2.60 bits per heavy atom. The van der Waals surface area contributed by atoms with E-state index in [0.717, 1.165) is 62.2 Å². The summed E-state index contributed by atoms with van der Waals surface area (Å²) in [5.74, 6) is 1.67. The van der Waals surface area contributed by atoms with Crippen LogP contribution < -0.4 is 10.5 Å².